The molecule has 0 saturated carbocycles. The molecule has 0 radical (unpaired) electrons. The molecular weight excluding hydrogens is 380 g/mol. The van der Waals surface area contributed by atoms with Crippen molar-refractivity contribution in [2.45, 2.75) is 6.92 Å². The van der Waals surface area contributed by atoms with E-state index in [0.29, 0.717) is 33.7 Å². The standard InChI is InChI=1S/C15H17BrN4O4/c1-4-24-13-11(16)5-9(6-12(13)23-3)14(21)18-19-15(22)10-7-17-20(2)8-10/h5-8H,4H2,1-3H3,(H,18,21)(H,19,22). The predicted molar refractivity (Wildman–Crippen MR) is 90.0 cm³/mol. The zero-order chi connectivity index (χ0) is 17.7. The molecule has 1 heterocycles. The Labute approximate surface area is 147 Å². The average Bonchev–Trinajstić information content (AvgIpc) is 3.00. The molecule has 128 valence electrons. The van der Waals surface area contributed by atoms with Crippen LogP contribution >= 0.6 is 15.9 Å². The summed E-state index contributed by atoms with van der Waals surface area (Å²) in [4.78, 5) is 24.1. The lowest BCUT2D eigenvalue weighted by atomic mass is 10.2. The van der Waals surface area contributed by atoms with Crippen molar-refractivity contribution < 1.29 is 19.1 Å². The number of carbonyl (C=O) groups is 2. The number of carbonyl (C=O) groups excluding carboxylic acids is 2. The van der Waals surface area contributed by atoms with Crippen LogP contribution in [-0.4, -0.2) is 35.3 Å². The van der Waals surface area contributed by atoms with Crippen molar-refractivity contribution >= 4 is 27.7 Å². The zero-order valence-electron chi connectivity index (χ0n) is 13.4. The van der Waals surface area contributed by atoms with Gasteiger partial charge in [-0.3, -0.25) is 25.1 Å². The zero-order valence-corrected chi connectivity index (χ0v) is 15.0. The number of hydrazine groups is 1. The van der Waals surface area contributed by atoms with E-state index in [-0.39, 0.29) is 0 Å². The summed E-state index contributed by atoms with van der Waals surface area (Å²) < 4.78 is 12.8. The van der Waals surface area contributed by atoms with E-state index in [1.807, 2.05) is 6.92 Å². The number of aromatic nitrogens is 2. The van der Waals surface area contributed by atoms with E-state index in [9.17, 15) is 9.59 Å². The van der Waals surface area contributed by atoms with Crippen LogP contribution in [0, 0.1) is 0 Å². The number of rotatable bonds is 5. The van der Waals surface area contributed by atoms with Gasteiger partial charge in [0.1, 0.15) is 0 Å². The highest BCUT2D eigenvalue weighted by atomic mass is 79.9. The van der Waals surface area contributed by atoms with Crippen LogP contribution in [0.15, 0.2) is 29.0 Å². The number of nitrogens with zero attached hydrogens (tertiary/aromatic N) is 2. The number of benzene rings is 1. The Kier molecular flexibility index (Phi) is 5.80. The number of hydrogen-bond acceptors (Lipinski definition) is 5. The first-order chi connectivity index (χ1) is 11.5. The molecular formula is C15H17BrN4O4. The maximum atomic E-state index is 12.2. The molecule has 0 bridgehead atoms. The molecule has 24 heavy (non-hydrogen) atoms. The van der Waals surface area contributed by atoms with Crippen molar-refractivity contribution in [3.63, 3.8) is 0 Å². The summed E-state index contributed by atoms with van der Waals surface area (Å²) >= 11 is 3.34. The largest absolute Gasteiger partial charge is 0.493 e. The molecule has 1 aromatic heterocycles. The first-order valence-electron chi connectivity index (χ1n) is 7.06. The summed E-state index contributed by atoms with van der Waals surface area (Å²) in [5.41, 5.74) is 5.31. The third-order valence-corrected chi connectivity index (χ3v) is 3.63. The molecule has 0 spiro atoms. The van der Waals surface area contributed by atoms with Crippen LogP contribution in [0.2, 0.25) is 0 Å². The van der Waals surface area contributed by atoms with E-state index >= 15 is 0 Å². The van der Waals surface area contributed by atoms with E-state index in [1.54, 1.807) is 13.1 Å². The molecule has 0 aliphatic heterocycles. The molecule has 0 saturated heterocycles. The average molecular weight is 397 g/mol. The van der Waals surface area contributed by atoms with Crippen molar-refractivity contribution in [1.29, 1.82) is 0 Å². The van der Waals surface area contributed by atoms with Crippen LogP contribution in [0.3, 0.4) is 0 Å². The summed E-state index contributed by atoms with van der Waals surface area (Å²) in [6.45, 7) is 2.31. The van der Waals surface area contributed by atoms with Crippen LogP contribution in [-0.2, 0) is 7.05 Å². The van der Waals surface area contributed by atoms with Crippen molar-refractivity contribution in [3.8, 4) is 11.5 Å². The first-order valence-corrected chi connectivity index (χ1v) is 7.85. The van der Waals surface area contributed by atoms with E-state index in [4.69, 9.17) is 9.47 Å². The Morgan fingerprint density at radius 3 is 2.46 bits per heavy atom. The number of hydrogen-bond donors (Lipinski definition) is 2. The lowest BCUT2D eigenvalue weighted by molar-refractivity contribution is 0.0846. The van der Waals surface area contributed by atoms with Gasteiger partial charge in [-0.05, 0) is 35.0 Å². The van der Waals surface area contributed by atoms with E-state index < -0.39 is 11.8 Å². The number of aryl methyl sites for hydroxylation is 1. The summed E-state index contributed by atoms with van der Waals surface area (Å²) in [5, 5.41) is 3.89. The second-order valence-electron chi connectivity index (χ2n) is 4.73. The molecule has 1 aromatic carbocycles. The molecule has 0 fully saturated rings. The second kappa shape index (κ2) is 7.82. The fraction of sp³-hybridized carbons (Fsp3) is 0.267. The number of halogens is 1. The third kappa shape index (κ3) is 4.05. The van der Waals surface area contributed by atoms with Crippen molar-refractivity contribution in [2.75, 3.05) is 13.7 Å². The third-order valence-electron chi connectivity index (χ3n) is 3.04. The van der Waals surface area contributed by atoms with Crippen molar-refractivity contribution in [1.82, 2.24) is 20.6 Å². The normalized spacial score (nSPS) is 10.2. The number of ether oxygens (including phenoxy) is 2. The summed E-state index contributed by atoms with van der Waals surface area (Å²) in [6.07, 6.45) is 2.94. The highest BCUT2D eigenvalue weighted by Crippen LogP contribution is 2.36. The van der Waals surface area contributed by atoms with Gasteiger partial charge in [0.15, 0.2) is 11.5 Å². The predicted octanol–water partition coefficient (Wildman–Crippen LogP) is 1.66. The molecule has 9 heteroatoms. The lowest BCUT2D eigenvalue weighted by Crippen LogP contribution is -2.41. The number of nitrogens with one attached hydrogen (secondary N) is 2. The first kappa shape index (κ1) is 17.8. The van der Waals surface area contributed by atoms with Crippen molar-refractivity contribution in [3.05, 3.63) is 40.1 Å². The molecule has 8 nitrogen and oxygen atoms in total. The lowest BCUT2D eigenvalue weighted by Gasteiger charge is -2.13. The monoisotopic (exact) mass is 396 g/mol. The van der Waals surface area contributed by atoms with Gasteiger partial charge < -0.3 is 9.47 Å². The molecule has 0 atom stereocenters. The molecule has 0 unspecified atom stereocenters. The van der Waals surface area contributed by atoms with Crippen LogP contribution in [0.5, 0.6) is 11.5 Å². The Bertz CT molecular complexity index is 760. The maximum absolute atomic E-state index is 12.2. The van der Waals surface area contributed by atoms with Gasteiger partial charge in [-0.25, -0.2) is 0 Å². The van der Waals surface area contributed by atoms with Gasteiger partial charge in [0.25, 0.3) is 11.8 Å². The van der Waals surface area contributed by atoms with Gasteiger partial charge in [-0.2, -0.15) is 5.10 Å². The van der Waals surface area contributed by atoms with Gasteiger partial charge >= 0.3 is 0 Å². The highest BCUT2D eigenvalue weighted by molar-refractivity contribution is 9.10. The molecule has 2 amide bonds. The molecule has 2 N–H and O–H groups in total. The van der Waals surface area contributed by atoms with Crippen molar-refractivity contribution in [2.24, 2.45) is 7.05 Å². The highest BCUT2D eigenvalue weighted by Gasteiger charge is 2.16. The minimum atomic E-state index is -0.491. The SMILES string of the molecule is CCOc1c(Br)cc(C(=O)NNC(=O)c2cnn(C)c2)cc1OC. The van der Waals surface area contributed by atoms with E-state index in [1.165, 1.54) is 30.3 Å². The fourth-order valence-electron chi connectivity index (χ4n) is 1.93. The smallest absolute Gasteiger partial charge is 0.272 e. The number of methoxy groups -OCH3 is 1. The summed E-state index contributed by atoms with van der Waals surface area (Å²) in [5.74, 6) is -0.0337. The molecule has 2 rings (SSSR count). The van der Waals surface area contributed by atoms with Gasteiger partial charge in [0.2, 0.25) is 0 Å². The Balaban J connectivity index is 2.09. The van der Waals surface area contributed by atoms with Gasteiger partial charge in [0.05, 0.1) is 29.9 Å². The van der Waals surface area contributed by atoms with E-state index in [2.05, 4.69) is 31.9 Å². The fourth-order valence-corrected chi connectivity index (χ4v) is 2.49. The molecule has 0 aliphatic rings. The maximum Gasteiger partial charge on any atom is 0.272 e. The minimum absolute atomic E-state index is 0.300. The molecule has 2 aromatic rings. The van der Waals surface area contributed by atoms with Gasteiger partial charge in [-0.15, -0.1) is 0 Å². The summed E-state index contributed by atoms with van der Waals surface area (Å²) in [6, 6.07) is 3.11. The second-order valence-corrected chi connectivity index (χ2v) is 5.59. The number of amides is 2. The molecule has 0 aliphatic carbocycles. The van der Waals surface area contributed by atoms with Crippen LogP contribution in [0.1, 0.15) is 27.6 Å². The Morgan fingerprint density at radius 2 is 1.92 bits per heavy atom. The quantitative estimate of drug-likeness (QED) is 0.749. The van der Waals surface area contributed by atoms with Gasteiger partial charge in [0, 0.05) is 18.8 Å². The minimum Gasteiger partial charge on any atom is -0.493 e. The van der Waals surface area contributed by atoms with Crippen LogP contribution < -0.4 is 20.3 Å². The van der Waals surface area contributed by atoms with Crippen LogP contribution in [0.25, 0.3) is 0 Å². The topological polar surface area (TPSA) is 94.5 Å². The Hall–Kier alpha value is -2.55. The summed E-state index contributed by atoms with van der Waals surface area (Å²) in [7, 11) is 3.18. The van der Waals surface area contributed by atoms with E-state index in [0.717, 1.165) is 0 Å². The van der Waals surface area contributed by atoms with Gasteiger partial charge in [-0.1, -0.05) is 0 Å². The van der Waals surface area contributed by atoms with Crippen LogP contribution in [0.4, 0.5) is 0 Å². The Morgan fingerprint density at radius 1 is 1.25 bits per heavy atom.